The molecule has 0 atom stereocenters. The number of ether oxygens (including phenoxy) is 1. The van der Waals surface area contributed by atoms with Gasteiger partial charge in [-0.15, -0.1) is 5.46 Å². The van der Waals surface area contributed by atoms with Crippen molar-refractivity contribution in [1.29, 1.82) is 0 Å². The predicted octanol–water partition coefficient (Wildman–Crippen LogP) is 4.28. The standard InChI is InChI=1S/C14H12BClF3O/c1-10-2-3-11(14(16)8-10)9-20-13-6-4-12(5-7-13)15(17,18)19/h2-8H,9H2,1H3/q-1. The third kappa shape index (κ3) is 3.70. The van der Waals surface area contributed by atoms with Crippen molar-refractivity contribution in [1.82, 2.24) is 0 Å². The van der Waals surface area contributed by atoms with Gasteiger partial charge in [-0.05, 0) is 30.7 Å². The van der Waals surface area contributed by atoms with Gasteiger partial charge in [-0.1, -0.05) is 35.9 Å². The first-order valence-electron chi connectivity index (χ1n) is 6.04. The predicted molar refractivity (Wildman–Crippen MR) is 75.7 cm³/mol. The van der Waals surface area contributed by atoms with Gasteiger partial charge in [0.15, 0.2) is 0 Å². The molecule has 0 bridgehead atoms. The van der Waals surface area contributed by atoms with Crippen LogP contribution in [0.25, 0.3) is 0 Å². The third-order valence-electron chi connectivity index (χ3n) is 2.86. The van der Waals surface area contributed by atoms with Crippen molar-refractivity contribution in [3.05, 3.63) is 58.6 Å². The van der Waals surface area contributed by atoms with E-state index in [2.05, 4.69) is 0 Å². The van der Waals surface area contributed by atoms with Gasteiger partial charge in [0.05, 0.1) is 0 Å². The monoisotopic (exact) mass is 299 g/mol. The molecular formula is C14H12BClF3O-. The molecule has 0 aliphatic heterocycles. The fourth-order valence-corrected chi connectivity index (χ4v) is 2.00. The van der Waals surface area contributed by atoms with E-state index in [0.29, 0.717) is 10.8 Å². The van der Waals surface area contributed by atoms with Crippen LogP contribution >= 0.6 is 11.6 Å². The smallest absolute Gasteiger partial charge is 0.489 e. The molecule has 0 N–H and O–H groups in total. The first kappa shape index (κ1) is 14.8. The molecule has 20 heavy (non-hydrogen) atoms. The van der Waals surface area contributed by atoms with E-state index >= 15 is 0 Å². The Balaban J connectivity index is 2.04. The molecule has 2 aromatic rings. The van der Waals surface area contributed by atoms with Gasteiger partial charge in [-0.25, -0.2) is 0 Å². The zero-order valence-corrected chi connectivity index (χ0v) is 11.5. The summed E-state index contributed by atoms with van der Waals surface area (Å²) in [5.74, 6) is 0.380. The zero-order valence-electron chi connectivity index (χ0n) is 10.7. The summed E-state index contributed by atoms with van der Waals surface area (Å²) < 4.78 is 42.8. The molecule has 0 radical (unpaired) electrons. The van der Waals surface area contributed by atoms with Gasteiger partial charge in [0.1, 0.15) is 12.4 Å². The van der Waals surface area contributed by atoms with E-state index in [1.54, 1.807) is 0 Å². The van der Waals surface area contributed by atoms with Gasteiger partial charge in [0.25, 0.3) is 0 Å². The SMILES string of the molecule is Cc1ccc(COc2ccc([B-](F)(F)F)cc2)c(Cl)c1. The highest BCUT2D eigenvalue weighted by molar-refractivity contribution is 6.73. The molecule has 0 aliphatic carbocycles. The van der Waals surface area contributed by atoms with Crippen molar-refractivity contribution in [2.75, 3.05) is 0 Å². The Kier molecular flexibility index (Phi) is 4.28. The molecular weight excluding hydrogens is 287 g/mol. The second-order valence-electron chi connectivity index (χ2n) is 4.53. The van der Waals surface area contributed by atoms with E-state index in [0.717, 1.165) is 23.3 Å². The maximum atomic E-state index is 12.5. The van der Waals surface area contributed by atoms with E-state index in [1.807, 2.05) is 25.1 Å². The number of rotatable bonds is 4. The van der Waals surface area contributed by atoms with Crippen molar-refractivity contribution >= 4 is 24.0 Å². The van der Waals surface area contributed by atoms with Gasteiger partial charge in [0, 0.05) is 10.6 Å². The highest BCUT2D eigenvalue weighted by Crippen LogP contribution is 2.20. The molecule has 0 saturated heterocycles. The topological polar surface area (TPSA) is 9.23 Å². The van der Waals surface area contributed by atoms with Crippen LogP contribution in [0.4, 0.5) is 12.9 Å². The number of benzene rings is 2. The highest BCUT2D eigenvalue weighted by atomic mass is 35.5. The molecule has 0 fully saturated rings. The minimum Gasteiger partial charge on any atom is -0.489 e. The minimum absolute atomic E-state index is 0.218. The van der Waals surface area contributed by atoms with Crippen molar-refractivity contribution in [3.63, 3.8) is 0 Å². The lowest BCUT2D eigenvalue weighted by Gasteiger charge is -2.15. The van der Waals surface area contributed by atoms with Crippen LogP contribution in [-0.4, -0.2) is 6.98 Å². The Morgan fingerprint density at radius 1 is 1.05 bits per heavy atom. The van der Waals surface area contributed by atoms with Crippen LogP contribution in [0.15, 0.2) is 42.5 Å². The van der Waals surface area contributed by atoms with E-state index in [-0.39, 0.29) is 6.61 Å². The molecule has 2 aromatic carbocycles. The first-order valence-corrected chi connectivity index (χ1v) is 6.42. The van der Waals surface area contributed by atoms with Gasteiger partial charge in [-0.3, -0.25) is 0 Å². The lowest BCUT2D eigenvalue weighted by atomic mass is 9.80. The lowest BCUT2D eigenvalue weighted by molar-refractivity contribution is 0.306. The summed E-state index contributed by atoms with van der Waals surface area (Å²) in [5, 5.41) is 0.584. The molecule has 106 valence electrons. The van der Waals surface area contributed by atoms with Crippen LogP contribution in [-0.2, 0) is 6.61 Å². The zero-order chi connectivity index (χ0) is 14.8. The summed E-state index contributed by atoms with van der Waals surface area (Å²) in [6.07, 6.45) is 0. The summed E-state index contributed by atoms with van der Waals surface area (Å²) >= 11 is 6.05. The number of halogens is 4. The first-order chi connectivity index (χ1) is 9.36. The summed E-state index contributed by atoms with van der Waals surface area (Å²) in [6, 6.07) is 10.2. The van der Waals surface area contributed by atoms with E-state index < -0.39 is 12.4 Å². The summed E-state index contributed by atoms with van der Waals surface area (Å²) in [4.78, 5) is 0. The molecule has 0 aromatic heterocycles. The molecule has 0 aliphatic rings. The maximum absolute atomic E-state index is 12.5. The minimum atomic E-state index is -4.96. The lowest BCUT2D eigenvalue weighted by Crippen LogP contribution is -2.33. The molecule has 0 unspecified atom stereocenters. The van der Waals surface area contributed by atoms with Crippen LogP contribution in [0.3, 0.4) is 0 Å². The summed E-state index contributed by atoms with van der Waals surface area (Å²) in [7, 11) is 0. The third-order valence-corrected chi connectivity index (χ3v) is 3.21. The second-order valence-corrected chi connectivity index (χ2v) is 4.93. The van der Waals surface area contributed by atoms with E-state index in [9.17, 15) is 12.9 Å². The molecule has 0 spiro atoms. The van der Waals surface area contributed by atoms with Crippen LogP contribution in [0.5, 0.6) is 5.75 Å². The Bertz CT molecular complexity index is 596. The average molecular weight is 300 g/mol. The average Bonchev–Trinajstić information content (AvgIpc) is 2.37. The molecule has 0 saturated carbocycles. The van der Waals surface area contributed by atoms with Gasteiger partial charge < -0.3 is 17.7 Å². The summed E-state index contributed by atoms with van der Waals surface area (Å²) in [5.41, 5.74) is 1.20. The Morgan fingerprint density at radius 3 is 2.25 bits per heavy atom. The largest absolute Gasteiger partial charge is 0.509 e. The number of aryl methyl sites for hydroxylation is 1. The fourth-order valence-electron chi connectivity index (χ4n) is 1.71. The van der Waals surface area contributed by atoms with Gasteiger partial charge >= 0.3 is 6.98 Å². The molecule has 2 rings (SSSR count). The number of hydrogen-bond donors (Lipinski definition) is 0. The van der Waals surface area contributed by atoms with Gasteiger partial charge in [-0.2, -0.15) is 0 Å². The molecule has 6 heteroatoms. The highest BCUT2D eigenvalue weighted by Gasteiger charge is 2.24. The van der Waals surface area contributed by atoms with Crippen LogP contribution in [0.1, 0.15) is 11.1 Å². The maximum Gasteiger partial charge on any atom is 0.509 e. The van der Waals surface area contributed by atoms with Crippen LogP contribution in [0, 0.1) is 6.92 Å². The Labute approximate surface area is 120 Å². The Hall–Kier alpha value is -1.62. The van der Waals surface area contributed by atoms with Gasteiger partial charge in [0.2, 0.25) is 0 Å². The van der Waals surface area contributed by atoms with Crippen molar-refractivity contribution in [2.45, 2.75) is 13.5 Å². The number of hydrogen-bond acceptors (Lipinski definition) is 1. The fraction of sp³-hybridized carbons (Fsp3) is 0.143. The van der Waals surface area contributed by atoms with Crippen LogP contribution < -0.4 is 10.2 Å². The molecule has 0 amide bonds. The second kappa shape index (κ2) is 5.79. The quantitative estimate of drug-likeness (QED) is 0.766. The molecule has 0 heterocycles. The van der Waals surface area contributed by atoms with Crippen molar-refractivity contribution in [3.8, 4) is 5.75 Å². The normalized spacial score (nSPS) is 11.4. The van der Waals surface area contributed by atoms with E-state index in [4.69, 9.17) is 16.3 Å². The van der Waals surface area contributed by atoms with Crippen LogP contribution in [0.2, 0.25) is 5.02 Å². The molecule has 1 nitrogen and oxygen atoms in total. The summed E-state index contributed by atoms with van der Waals surface area (Å²) in [6.45, 7) is -2.82. The van der Waals surface area contributed by atoms with Crippen molar-refractivity contribution in [2.24, 2.45) is 0 Å². The van der Waals surface area contributed by atoms with E-state index in [1.165, 1.54) is 12.1 Å². The Morgan fingerprint density at radius 2 is 1.70 bits per heavy atom. The van der Waals surface area contributed by atoms with Crippen molar-refractivity contribution < 1.29 is 17.7 Å².